The quantitative estimate of drug-likeness (QED) is 0.314. The normalized spacial score (nSPS) is 11.4. The second kappa shape index (κ2) is 6.07. The SMILES string of the molecule is CCC(C)(CC)Nc1cc(NN)nc(SC)n1. The molecular weight excluding hydrogens is 234 g/mol. The Bertz CT molecular complexity index is 343. The molecule has 0 unspecified atom stereocenters. The molecule has 0 saturated carbocycles. The highest BCUT2D eigenvalue weighted by Crippen LogP contribution is 2.23. The Morgan fingerprint density at radius 3 is 2.35 bits per heavy atom. The lowest BCUT2D eigenvalue weighted by atomic mass is 9.96. The molecule has 1 rings (SSSR count). The summed E-state index contributed by atoms with van der Waals surface area (Å²) in [5.74, 6) is 6.83. The highest BCUT2D eigenvalue weighted by atomic mass is 32.2. The van der Waals surface area contributed by atoms with Crippen molar-refractivity contribution in [2.45, 2.75) is 44.3 Å². The standard InChI is InChI=1S/C11H21N5S/c1-5-11(3,6-2)15-8-7-9(16-12)14-10(13-8)17-4/h7H,5-6,12H2,1-4H3,(H2,13,14,15,16). The smallest absolute Gasteiger partial charge is 0.191 e. The van der Waals surface area contributed by atoms with Gasteiger partial charge in [-0.05, 0) is 26.0 Å². The number of nitrogens with zero attached hydrogens (tertiary/aromatic N) is 2. The lowest BCUT2D eigenvalue weighted by molar-refractivity contribution is 0.476. The largest absolute Gasteiger partial charge is 0.365 e. The van der Waals surface area contributed by atoms with Crippen LogP contribution in [0.3, 0.4) is 0 Å². The van der Waals surface area contributed by atoms with Gasteiger partial charge in [-0.2, -0.15) is 0 Å². The van der Waals surface area contributed by atoms with E-state index in [-0.39, 0.29) is 5.54 Å². The third-order valence-electron chi connectivity index (χ3n) is 3.03. The first-order valence-corrected chi connectivity index (χ1v) is 6.97. The molecule has 0 atom stereocenters. The van der Waals surface area contributed by atoms with Gasteiger partial charge in [-0.3, -0.25) is 0 Å². The molecule has 0 amide bonds. The van der Waals surface area contributed by atoms with E-state index in [4.69, 9.17) is 5.84 Å². The average Bonchev–Trinajstić information content (AvgIpc) is 2.37. The van der Waals surface area contributed by atoms with Crippen LogP contribution in [-0.4, -0.2) is 21.8 Å². The van der Waals surface area contributed by atoms with Crippen molar-refractivity contribution >= 4 is 23.4 Å². The second-order valence-electron chi connectivity index (χ2n) is 4.16. The number of hydrogen-bond donors (Lipinski definition) is 3. The van der Waals surface area contributed by atoms with Gasteiger partial charge in [0.05, 0.1) is 0 Å². The van der Waals surface area contributed by atoms with Crippen LogP contribution in [0.15, 0.2) is 11.2 Å². The van der Waals surface area contributed by atoms with Gasteiger partial charge >= 0.3 is 0 Å². The highest BCUT2D eigenvalue weighted by molar-refractivity contribution is 7.98. The lowest BCUT2D eigenvalue weighted by Gasteiger charge is -2.29. The zero-order valence-corrected chi connectivity index (χ0v) is 11.7. The number of nitrogens with two attached hydrogens (primary N) is 1. The van der Waals surface area contributed by atoms with Gasteiger partial charge in [0.1, 0.15) is 11.6 Å². The number of rotatable bonds is 6. The van der Waals surface area contributed by atoms with Crippen LogP contribution < -0.4 is 16.6 Å². The summed E-state index contributed by atoms with van der Waals surface area (Å²) in [5.41, 5.74) is 2.61. The summed E-state index contributed by atoms with van der Waals surface area (Å²) in [6.45, 7) is 6.51. The third kappa shape index (κ3) is 3.74. The summed E-state index contributed by atoms with van der Waals surface area (Å²) in [4.78, 5) is 8.65. The molecule has 1 aromatic rings. The Labute approximate surface area is 107 Å². The molecule has 0 spiro atoms. The number of hydrogen-bond acceptors (Lipinski definition) is 6. The van der Waals surface area contributed by atoms with Crippen molar-refractivity contribution in [3.8, 4) is 0 Å². The Morgan fingerprint density at radius 1 is 1.29 bits per heavy atom. The maximum atomic E-state index is 5.39. The van der Waals surface area contributed by atoms with Crippen LogP contribution in [-0.2, 0) is 0 Å². The molecule has 0 aliphatic heterocycles. The summed E-state index contributed by atoms with van der Waals surface area (Å²) >= 11 is 1.50. The van der Waals surface area contributed by atoms with Gasteiger partial charge in [0.15, 0.2) is 5.16 Å². The summed E-state index contributed by atoms with van der Waals surface area (Å²) in [5, 5.41) is 4.15. The fraction of sp³-hybridized carbons (Fsp3) is 0.636. The fourth-order valence-corrected chi connectivity index (χ4v) is 1.77. The number of anilines is 2. The van der Waals surface area contributed by atoms with Crippen molar-refractivity contribution in [1.29, 1.82) is 0 Å². The van der Waals surface area contributed by atoms with E-state index in [0.29, 0.717) is 11.0 Å². The first kappa shape index (κ1) is 14.1. The van der Waals surface area contributed by atoms with Gasteiger partial charge in [-0.25, -0.2) is 15.8 Å². The number of nitrogen functional groups attached to an aromatic ring is 1. The number of thioether (sulfide) groups is 1. The van der Waals surface area contributed by atoms with E-state index in [1.807, 2.05) is 12.3 Å². The Morgan fingerprint density at radius 2 is 1.88 bits per heavy atom. The maximum absolute atomic E-state index is 5.39. The minimum absolute atomic E-state index is 0.0515. The Kier molecular flexibility index (Phi) is 5.02. The third-order valence-corrected chi connectivity index (χ3v) is 3.57. The number of aromatic nitrogens is 2. The zero-order chi connectivity index (χ0) is 12.9. The molecule has 0 bridgehead atoms. The predicted molar refractivity (Wildman–Crippen MR) is 74.2 cm³/mol. The van der Waals surface area contributed by atoms with E-state index in [0.717, 1.165) is 18.7 Å². The molecule has 96 valence electrons. The van der Waals surface area contributed by atoms with Crippen molar-refractivity contribution in [2.24, 2.45) is 5.84 Å². The highest BCUT2D eigenvalue weighted by Gasteiger charge is 2.20. The van der Waals surface area contributed by atoms with E-state index in [1.54, 1.807) is 0 Å². The Hall–Kier alpha value is -1.01. The molecular formula is C11H21N5S. The minimum atomic E-state index is 0.0515. The topological polar surface area (TPSA) is 75.9 Å². The molecule has 6 heteroatoms. The summed E-state index contributed by atoms with van der Waals surface area (Å²) < 4.78 is 0. The van der Waals surface area contributed by atoms with Crippen molar-refractivity contribution in [3.63, 3.8) is 0 Å². The van der Waals surface area contributed by atoms with Gasteiger partial charge in [0.25, 0.3) is 0 Å². The molecule has 0 aliphatic rings. The minimum Gasteiger partial charge on any atom is -0.365 e. The monoisotopic (exact) mass is 255 g/mol. The second-order valence-corrected chi connectivity index (χ2v) is 4.94. The van der Waals surface area contributed by atoms with Gasteiger partial charge in [-0.15, -0.1) is 0 Å². The Balaban J connectivity index is 2.97. The van der Waals surface area contributed by atoms with Crippen molar-refractivity contribution in [3.05, 3.63) is 6.07 Å². The van der Waals surface area contributed by atoms with Gasteiger partial charge in [0.2, 0.25) is 0 Å². The zero-order valence-electron chi connectivity index (χ0n) is 10.9. The molecule has 0 aliphatic carbocycles. The van der Waals surface area contributed by atoms with E-state index < -0.39 is 0 Å². The number of nitrogens with one attached hydrogen (secondary N) is 2. The van der Waals surface area contributed by atoms with Crippen LogP contribution in [0.1, 0.15) is 33.6 Å². The van der Waals surface area contributed by atoms with E-state index >= 15 is 0 Å². The van der Waals surface area contributed by atoms with Crippen LogP contribution in [0, 0.1) is 0 Å². The molecule has 4 N–H and O–H groups in total. The lowest BCUT2D eigenvalue weighted by Crippen LogP contribution is -2.33. The molecule has 0 aromatic carbocycles. The molecule has 0 saturated heterocycles. The fourth-order valence-electron chi connectivity index (χ4n) is 1.39. The van der Waals surface area contributed by atoms with Crippen LogP contribution in [0.5, 0.6) is 0 Å². The average molecular weight is 255 g/mol. The van der Waals surface area contributed by atoms with Gasteiger partial charge < -0.3 is 10.7 Å². The molecule has 17 heavy (non-hydrogen) atoms. The first-order chi connectivity index (χ1) is 8.06. The summed E-state index contributed by atoms with van der Waals surface area (Å²) in [7, 11) is 0. The van der Waals surface area contributed by atoms with Crippen LogP contribution in [0.2, 0.25) is 0 Å². The first-order valence-electron chi connectivity index (χ1n) is 5.74. The summed E-state index contributed by atoms with van der Waals surface area (Å²) in [6.07, 6.45) is 4.01. The van der Waals surface area contributed by atoms with E-state index in [1.165, 1.54) is 11.8 Å². The number of hydrazine groups is 1. The molecule has 1 aromatic heterocycles. The molecule has 1 heterocycles. The van der Waals surface area contributed by atoms with Crippen molar-refractivity contribution in [1.82, 2.24) is 9.97 Å². The maximum Gasteiger partial charge on any atom is 0.191 e. The van der Waals surface area contributed by atoms with Crippen LogP contribution >= 0.6 is 11.8 Å². The molecule has 0 fully saturated rings. The van der Waals surface area contributed by atoms with Gasteiger partial charge in [0, 0.05) is 11.6 Å². The molecule has 5 nitrogen and oxygen atoms in total. The van der Waals surface area contributed by atoms with E-state index in [2.05, 4.69) is 41.5 Å². The summed E-state index contributed by atoms with van der Waals surface area (Å²) in [6, 6.07) is 1.82. The van der Waals surface area contributed by atoms with Crippen molar-refractivity contribution in [2.75, 3.05) is 17.0 Å². The van der Waals surface area contributed by atoms with E-state index in [9.17, 15) is 0 Å². The van der Waals surface area contributed by atoms with Crippen LogP contribution in [0.4, 0.5) is 11.6 Å². The molecule has 0 radical (unpaired) electrons. The van der Waals surface area contributed by atoms with Crippen LogP contribution in [0.25, 0.3) is 0 Å². The van der Waals surface area contributed by atoms with Gasteiger partial charge in [-0.1, -0.05) is 25.6 Å². The predicted octanol–water partition coefficient (Wildman–Crippen LogP) is 2.47. The van der Waals surface area contributed by atoms with Crippen molar-refractivity contribution < 1.29 is 0 Å².